The molecule has 0 bridgehead atoms. The number of ether oxygens (including phenoxy) is 4. The van der Waals surface area contributed by atoms with Gasteiger partial charge in [0.15, 0.2) is 23.0 Å². The van der Waals surface area contributed by atoms with E-state index >= 15 is 0 Å². The molecule has 1 heterocycles. The van der Waals surface area contributed by atoms with Crippen molar-refractivity contribution in [3.8, 4) is 23.0 Å². The lowest BCUT2D eigenvalue weighted by Crippen LogP contribution is -2.19. The van der Waals surface area contributed by atoms with Crippen molar-refractivity contribution in [2.24, 2.45) is 5.10 Å². The van der Waals surface area contributed by atoms with Crippen molar-refractivity contribution in [2.45, 2.75) is 6.42 Å². The smallest absolute Gasteiger partial charge is 0.244 e. The van der Waals surface area contributed by atoms with Gasteiger partial charge in [-0.25, -0.2) is 5.43 Å². The second-order valence-corrected chi connectivity index (χ2v) is 5.27. The van der Waals surface area contributed by atoms with E-state index in [2.05, 4.69) is 10.5 Å². The summed E-state index contributed by atoms with van der Waals surface area (Å²) in [7, 11) is 3.12. The number of carbonyl (C=O) groups is 1. The first-order valence-electron chi connectivity index (χ1n) is 7.62. The minimum atomic E-state index is -0.232. The van der Waals surface area contributed by atoms with E-state index in [9.17, 15) is 4.79 Å². The van der Waals surface area contributed by atoms with Gasteiger partial charge in [-0.15, -0.1) is 0 Å². The summed E-state index contributed by atoms with van der Waals surface area (Å²) in [4.78, 5) is 12.0. The summed E-state index contributed by atoms with van der Waals surface area (Å²) in [5.74, 6) is 2.34. The van der Waals surface area contributed by atoms with Crippen molar-refractivity contribution >= 4 is 12.1 Å². The number of carbonyl (C=O) groups excluding carboxylic acids is 1. The molecule has 1 N–H and O–H groups in total. The van der Waals surface area contributed by atoms with Crippen LogP contribution in [0.5, 0.6) is 23.0 Å². The zero-order chi connectivity index (χ0) is 17.6. The number of fused-ring (bicyclic) bond motifs is 1. The Kier molecular flexibility index (Phi) is 5.03. The molecular weight excluding hydrogens is 324 g/mol. The fourth-order valence-electron chi connectivity index (χ4n) is 2.39. The van der Waals surface area contributed by atoms with E-state index in [4.69, 9.17) is 18.9 Å². The molecule has 25 heavy (non-hydrogen) atoms. The van der Waals surface area contributed by atoms with Gasteiger partial charge in [0, 0.05) is 0 Å². The predicted molar refractivity (Wildman–Crippen MR) is 91.6 cm³/mol. The maximum absolute atomic E-state index is 12.0. The number of benzene rings is 2. The van der Waals surface area contributed by atoms with Gasteiger partial charge in [-0.3, -0.25) is 4.79 Å². The Labute approximate surface area is 145 Å². The van der Waals surface area contributed by atoms with Crippen molar-refractivity contribution in [1.29, 1.82) is 0 Å². The molecule has 0 aromatic heterocycles. The Balaban J connectivity index is 1.57. The molecule has 2 aromatic carbocycles. The van der Waals surface area contributed by atoms with Gasteiger partial charge in [0.2, 0.25) is 12.7 Å². The van der Waals surface area contributed by atoms with Crippen LogP contribution in [0.4, 0.5) is 0 Å². The summed E-state index contributed by atoms with van der Waals surface area (Å²) in [5, 5.41) is 3.96. The van der Waals surface area contributed by atoms with Crippen LogP contribution < -0.4 is 24.4 Å². The Hall–Kier alpha value is -3.22. The van der Waals surface area contributed by atoms with Crippen LogP contribution in [0.1, 0.15) is 11.1 Å². The standard InChI is InChI=1S/C18H18N2O5/c1-22-14-5-3-12(7-16(14)23-2)9-18(21)20-19-10-13-4-6-15-17(8-13)25-11-24-15/h3-8,10H,9,11H2,1-2H3,(H,20,21). The second-order valence-electron chi connectivity index (χ2n) is 5.27. The molecule has 1 aliphatic heterocycles. The normalized spacial score (nSPS) is 12.2. The zero-order valence-corrected chi connectivity index (χ0v) is 13.9. The summed E-state index contributed by atoms with van der Waals surface area (Å²) in [5.41, 5.74) is 4.10. The van der Waals surface area contributed by atoms with Crippen LogP contribution in [-0.4, -0.2) is 33.1 Å². The second kappa shape index (κ2) is 7.57. The SMILES string of the molecule is COc1ccc(CC(=O)NN=Cc2ccc3c(c2)OCO3)cc1OC. The molecule has 0 unspecified atom stereocenters. The molecule has 0 atom stereocenters. The van der Waals surface area contributed by atoms with E-state index in [1.165, 1.54) is 0 Å². The van der Waals surface area contributed by atoms with E-state index in [0.717, 1.165) is 11.1 Å². The average Bonchev–Trinajstić information content (AvgIpc) is 3.09. The molecular formula is C18H18N2O5. The number of hydrogen-bond donors (Lipinski definition) is 1. The molecule has 1 aliphatic rings. The van der Waals surface area contributed by atoms with Crippen LogP contribution in [0.3, 0.4) is 0 Å². The highest BCUT2D eigenvalue weighted by atomic mass is 16.7. The summed E-state index contributed by atoms with van der Waals surface area (Å²) in [6.07, 6.45) is 1.73. The van der Waals surface area contributed by atoms with Gasteiger partial charge in [-0.05, 0) is 41.5 Å². The van der Waals surface area contributed by atoms with Crippen LogP contribution in [0.15, 0.2) is 41.5 Å². The van der Waals surface area contributed by atoms with Crippen LogP contribution in [-0.2, 0) is 11.2 Å². The van der Waals surface area contributed by atoms with E-state index in [1.54, 1.807) is 44.7 Å². The van der Waals surface area contributed by atoms with Gasteiger partial charge < -0.3 is 18.9 Å². The number of amides is 1. The first kappa shape index (κ1) is 16.6. The topological polar surface area (TPSA) is 78.4 Å². The van der Waals surface area contributed by atoms with Crippen molar-refractivity contribution in [1.82, 2.24) is 5.43 Å². The molecule has 3 rings (SSSR count). The fourth-order valence-corrected chi connectivity index (χ4v) is 2.39. The summed E-state index contributed by atoms with van der Waals surface area (Å²) in [6, 6.07) is 10.8. The van der Waals surface area contributed by atoms with Gasteiger partial charge in [0.25, 0.3) is 0 Å². The Bertz CT molecular complexity index is 804. The summed E-state index contributed by atoms with van der Waals surface area (Å²) < 4.78 is 20.9. The molecule has 0 saturated carbocycles. The predicted octanol–water partition coefficient (Wildman–Crippen LogP) is 2.13. The van der Waals surface area contributed by atoms with Crippen LogP contribution >= 0.6 is 0 Å². The lowest BCUT2D eigenvalue weighted by atomic mass is 10.1. The third kappa shape index (κ3) is 4.00. The summed E-state index contributed by atoms with van der Waals surface area (Å²) in [6.45, 7) is 0.220. The monoisotopic (exact) mass is 342 g/mol. The van der Waals surface area contributed by atoms with Crippen molar-refractivity contribution < 1.29 is 23.7 Å². The third-order valence-electron chi connectivity index (χ3n) is 3.61. The molecule has 0 spiro atoms. The quantitative estimate of drug-likeness (QED) is 0.643. The molecule has 0 fully saturated rings. The van der Waals surface area contributed by atoms with Crippen molar-refractivity contribution in [3.05, 3.63) is 47.5 Å². The Morgan fingerprint density at radius 1 is 1.12 bits per heavy atom. The third-order valence-corrected chi connectivity index (χ3v) is 3.61. The minimum absolute atomic E-state index is 0.179. The van der Waals surface area contributed by atoms with E-state index in [1.807, 2.05) is 12.1 Å². The van der Waals surface area contributed by atoms with Crippen LogP contribution in [0.2, 0.25) is 0 Å². The van der Waals surface area contributed by atoms with Crippen molar-refractivity contribution in [2.75, 3.05) is 21.0 Å². The molecule has 7 nitrogen and oxygen atoms in total. The fraction of sp³-hybridized carbons (Fsp3) is 0.222. The maximum Gasteiger partial charge on any atom is 0.244 e. The van der Waals surface area contributed by atoms with Crippen LogP contribution in [0, 0.1) is 0 Å². The number of hydrogen-bond acceptors (Lipinski definition) is 6. The minimum Gasteiger partial charge on any atom is -0.493 e. The number of nitrogens with one attached hydrogen (secondary N) is 1. The first-order valence-corrected chi connectivity index (χ1v) is 7.62. The number of rotatable bonds is 6. The van der Waals surface area contributed by atoms with Gasteiger partial charge >= 0.3 is 0 Å². The van der Waals surface area contributed by atoms with Gasteiger partial charge in [-0.1, -0.05) is 6.07 Å². The number of nitrogens with zero attached hydrogens (tertiary/aromatic N) is 1. The lowest BCUT2D eigenvalue weighted by molar-refractivity contribution is -0.120. The highest BCUT2D eigenvalue weighted by Gasteiger charge is 2.12. The first-order chi connectivity index (χ1) is 12.2. The Morgan fingerprint density at radius 2 is 1.92 bits per heavy atom. The zero-order valence-electron chi connectivity index (χ0n) is 13.9. The largest absolute Gasteiger partial charge is 0.493 e. The maximum atomic E-state index is 12.0. The summed E-state index contributed by atoms with van der Waals surface area (Å²) >= 11 is 0. The van der Waals surface area contributed by atoms with E-state index < -0.39 is 0 Å². The van der Waals surface area contributed by atoms with E-state index in [0.29, 0.717) is 23.0 Å². The molecule has 7 heteroatoms. The highest BCUT2D eigenvalue weighted by molar-refractivity contribution is 5.84. The van der Waals surface area contributed by atoms with Crippen molar-refractivity contribution in [3.63, 3.8) is 0 Å². The molecule has 130 valence electrons. The molecule has 2 aromatic rings. The molecule has 0 saturated heterocycles. The number of hydrazone groups is 1. The van der Waals surface area contributed by atoms with E-state index in [-0.39, 0.29) is 19.1 Å². The lowest BCUT2D eigenvalue weighted by Gasteiger charge is -2.09. The van der Waals surface area contributed by atoms with Gasteiger partial charge in [0.05, 0.1) is 26.9 Å². The average molecular weight is 342 g/mol. The molecule has 0 aliphatic carbocycles. The number of methoxy groups -OCH3 is 2. The molecule has 1 amide bonds. The molecule has 0 radical (unpaired) electrons. The van der Waals surface area contributed by atoms with Crippen LogP contribution in [0.25, 0.3) is 0 Å². The highest BCUT2D eigenvalue weighted by Crippen LogP contribution is 2.32. The van der Waals surface area contributed by atoms with Gasteiger partial charge in [0.1, 0.15) is 0 Å². The Morgan fingerprint density at radius 3 is 2.72 bits per heavy atom. The van der Waals surface area contributed by atoms with Gasteiger partial charge in [-0.2, -0.15) is 5.10 Å².